The number of nitrogens with zero attached hydrogens (tertiary/aromatic N) is 1. The number of amides is 1. The second-order valence-corrected chi connectivity index (χ2v) is 5.07. The Kier molecular flexibility index (Phi) is 5.95. The van der Waals surface area contributed by atoms with Crippen molar-refractivity contribution >= 4 is 33.4 Å². The van der Waals surface area contributed by atoms with Crippen LogP contribution in [0, 0.1) is 0 Å². The van der Waals surface area contributed by atoms with Crippen LogP contribution in [-0.2, 0) is 11.3 Å². The fraction of sp³-hybridized carbons (Fsp3) is 0.417. The molecule has 0 aliphatic rings. The molecule has 0 atom stereocenters. The van der Waals surface area contributed by atoms with Gasteiger partial charge in [0.15, 0.2) is 0 Å². The number of carbonyl (C=O) groups excluding carboxylic acids is 1. The molecule has 3 nitrogen and oxygen atoms in total. The molecular weight excluding hydrogens is 304 g/mol. The van der Waals surface area contributed by atoms with E-state index in [0.717, 1.165) is 16.6 Å². The van der Waals surface area contributed by atoms with Crippen LogP contribution in [0.3, 0.4) is 0 Å². The van der Waals surface area contributed by atoms with Gasteiger partial charge in [0.25, 0.3) is 0 Å². The molecule has 94 valence electrons. The largest absolute Gasteiger partial charge is 0.345 e. The van der Waals surface area contributed by atoms with Crippen LogP contribution in [-0.4, -0.2) is 30.9 Å². The summed E-state index contributed by atoms with van der Waals surface area (Å²) >= 11 is 9.44. The molecule has 1 aromatic rings. The summed E-state index contributed by atoms with van der Waals surface area (Å²) in [4.78, 5) is 13.2. The highest BCUT2D eigenvalue weighted by Gasteiger charge is 2.06. The number of halogens is 2. The Hall–Kier alpha value is -0.580. The van der Waals surface area contributed by atoms with Gasteiger partial charge in [-0.2, -0.15) is 0 Å². The number of hydrogen-bond acceptors (Lipinski definition) is 2. The zero-order valence-electron chi connectivity index (χ0n) is 9.96. The van der Waals surface area contributed by atoms with Gasteiger partial charge in [-0.1, -0.05) is 27.5 Å². The van der Waals surface area contributed by atoms with Gasteiger partial charge >= 0.3 is 0 Å². The van der Waals surface area contributed by atoms with E-state index in [1.807, 2.05) is 25.1 Å². The highest BCUT2D eigenvalue weighted by molar-refractivity contribution is 9.10. The van der Waals surface area contributed by atoms with Gasteiger partial charge in [0.05, 0.1) is 6.54 Å². The molecule has 17 heavy (non-hydrogen) atoms. The van der Waals surface area contributed by atoms with Crippen molar-refractivity contribution in [2.75, 3.05) is 20.1 Å². The number of nitrogens with one attached hydrogen (secondary N) is 1. The Labute approximate surface area is 115 Å². The van der Waals surface area contributed by atoms with Crippen LogP contribution in [0.5, 0.6) is 0 Å². The van der Waals surface area contributed by atoms with Gasteiger partial charge < -0.3 is 10.2 Å². The standard InChI is InChI=1S/C12H16BrClN2O/c1-3-16(2)12(17)8-15-7-9-6-10(13)4-5-11(9)14/h4-6,15H,3,7-8H2,1-2H3. The highest BCUT2D eigenvalue weighted by atomic mass is 79.9. The molecule has 1 amide bonds. The number of likely N-dealkylation sites (N-methyl/N-ethyl adjacent to an activating group) is 1. The SMILES string of the molecule is CCN(C)C(=O)CNCc1cc(Br)ccc1Cl. The average Bonchev–Trinajstić information content (AvgIpc) is 2.32. The molecule has 0 unspecified atom stereocenters. The summed E-state index contributed by atoms with van der Waals surface area (Å²) in [6.07, 6.45) is 0. The molecule has 1 rings (SSSR count). The van der Waals surface area contributed by atoms with Gasteiger partial charge in [0, 0.05) is 29.6 Å². The van der Waals surface area contributed by atoms with Gasteiger partial charge in [-0.3, -0.25) is 4.79 Å². The van der Waals surface area contributed by atoms with Crippen molar-refractivity contribution in [1.82, 2.24) is 10.2 Å². The molecular formula is C12H16BrClN2O. The fourth-order valence-corrected chi connectivity index (χ4v) is 1.89. The predicted molar refractivity (Wildman–Crippen MR) is 74.2 cm³/mol. The number of rotatable bonds is 5. The van der Waals surface area contributed by atoms with Crippen LogP contribution in [0.1, 0.15) is 12.5 Å². The smallest absolute Gasteiger partial charge is 0.236 e. The topological polar surface area (TPSA) is 32.3 Å². The van der Waals surface area contributed by atoms with E-state index in [2.05, 4.69) is 21.2 Å². The summed E-state index contributed by atoms with van der Waals surface area (Å²) in [5, 5.41) is 3.79. The normalized spacial score (nSPS) is 10.4. The summed E-state index contributed by atoms with van der Waals surface area (Å²) in [5.74, 6) is 0.0821. The summed E-state index contributed by atoms with van der Waals surface area (Å²) in [6.45, 7) is 3.58. The molecule has 0 heterocycles. The number of carbonyl (C=O) groups is 1. The Morgan fingerprint density at radius 3 is 2.88 bits per heavy atom. The van der Waals surface area contributed by atoms with E-state index in [1.54, 1.807) is 11.9 Å². The van der Waals surface area contributed by atoms with E-state index in [1.165, 1.54) is 0 Å². The van der Waals surface area contributed by atoms with Gasteiger partial charge in [0.2, 0.25) is 5.91 Å². The van der Waals surface area contributed by atoms with Crippen molar-refractivity contribution in [3.63, 3.8) is 0 Å². The zero-order valence-corrected chi connectivity index (χ0v) is 12.3. The number of hydrogen-bond donors (Lipinski definition) is 1. The van der Waals surface area contributed by atoms with E-state index >= 15 is 0 Å². The van der Waals surface area contributed by atoms with E-state index in [4.69, 9.17) is 11.6 Å². The van der Waals surface area contributed by atoms with Crippen molar-refractivity contribution in [2.45, 2.75) is 13.5 Å². The lowest BCUT2D eigenvalue weighted by atomic mass is 10.2. The first-order valence-electron chi connectivity index (χ1n) is 5.43. The summed E-state index contributed by atoms with van der Waals surface area (Å²) < 4.78 is 0.982. The van der Waals surface area contributed by atoms with Crippen LogP contribution in [0.25, 0.3) is 0 Å². The first kappa shape index (κ1) is 14.5. The monoisotopic (exact) mass is 318 g/mol. The second kappa shape index (κ2) is 6.99. The van der Waals surface area contributed by atoms with Crippen molar-refractivity contribution in [3.05, 3.63) is 33.3 Å². The molecule has 0 aromatic heterocycles. The van der Waals surface area contributed by atoms with Gasteiger partial charge in [-0.15, -0.1) is 0 Å². The third-order valence-corrected chi connectivity index (χ3v) is 3.36. The van der Waals surface area contributed by atoms with Crippen molar-refractivity contribution < 1.29 is 4.79 Å². The van der Waals surface area contributed by atoms with E-state index < -0.39 is 0 Å². The summed E-state index contributed by atoms with van der Waals surface area (Å²) in [6, 6.07) is 5.67. The van der Waals surface area contributed by atoms with E-state index in [0.29, 0.717) is 18.1 Å². The van der Waals surface area contributed by atoms with E-state index in [-0.39, 0.29) is 5.91 Å². The minimum Gasteiger partial charge on any atom is -0.345 e. The predicted octanol–water partition coefficient (Wildman–Crippen LogP) is 2.67. The lowest BCUT2D eigenvalue weighted by molar-refractivity contribution is -0.128. The van der Waals surface area contributed by atoms with Crippen molar-refractivity contribution in [1.29, 1.82) is 0 Å². The molecule has 0 saturated carbocycles. The fourth-order valence-electron chi connectivity index (χ4n) is 1.29. The molecule has 5 heteroatoms. The second-order valence-electron chi connectivity index (χ2n) is 3.75. The molecule has 0 aliphatic heterocycles. The Balaban J connectivity index is 2.46. The molecule has 0 fully saturated rings. The average molecular weight is 320 g/mol. The zero-order chi connectivity index (χ0) is 12.8. The maximum absolute atomic E-state index is 11.5. The maximum Gasteiger partial charge on any atom is 0.236 e. The number of benzene rings is 1. The van der Waals surface area contributed by atoms with Crippen LogP contribution < -0.4 is 5.32 Å². The van der Waals surface area contributed by atoms with Crippen molar-refractivity contribution in [2.24, 2.45) is 0 Å². The van der Waals surface area contributed by atoms with Crippen LogP contribution >= 0.6 is 27.5 Å². The minimum absolute atomic E-state index is 0.0821. The highest BCUT2D eigenvalue weighted by Crippen LogP contribution is 2.20. The lowest BCUT2D eigenvalue weighted by Gasteiger charge is -2.15. The molecule has 1 N–H and O–H groups in total. The maximum atomic E-state index is 11.5. The minimum atomic E-state index is 0.0821. The lowest BCUT2D eigenvalue weighted by Crippen LogP contribution is -2.35. The Bertz CT molecular complexity index is 398. The quantitative estimate of drug-likeness (QED) is 0.905. The third-order valence-electron chi connectivity index (χ3n) is 2.50. The van der Waals surface area contributed by atoms with Crippen LogP contribution in [0.15, 0.2) is 22.7 Å². The molecule has 1 aromatic carbocycles. The summed E-state index contributed by atoms with van der Waals surface area (Å²) in [7, 11) is 1.79. The molecule has 0 bridgehead atoms. The summed E-state index contributed by atoms with van der Waals surface area (Å²) in [5.41, 5.74) is 0.980. The molecule has 0 radical (unpaired) electrons. The van der Waals surface area contributed by atoms with Crippen LogP contribution in [0.2, 0.25) is 5.02 Å². The molecule has 0 saturated heterocycles. The molecule has 0 aliphatic carbocycles. The first-order chi connectivity index (χ1) is 8.04. The Morgan fingerprint density at radius 2 is 2.24 bits per heavy atom. The molecule has 0 spiro atoms. The van der Waals surface area contributed by atoms with Gasteiger partial charge in [-0.25, -0.2) is 0 Å². The van der Waals surface area contributed by atoms with Crippen LogP contribution in [0.4, 0.5) is 0 Å². The first-order valence-corrected chi connectivity index (χ1v) is 6.60. The Morgan fingerprint density at radius 1 is 1.53 bits per heavy atom. The van der Waals surface area contributed by atoms with Gasteiger partial charge in [0.1, 0.15) is 0 Å². The van der Waals surface area contributed by atoms with E-state index in [9.17, 15) is 4.79 Å². The van der Waals surface area contributed by atoms with Gasteiger partial charge in [-0.05, 0) is 30.7 Å². The van der Waals surface area contributed by atoms with Crippen molar-refractivity contribution in [3.8, 4) is 0 Å². The third kappa shape index (κ3) is 4.66.